The molecule has 5 heteroatoms. The first-order valence-corrected chi connectivity index (χ1v) is 10.7. The molecule has 0 aliphatic rings. The van der Waals surface area contributed by atoms with Crippen LogP contribution in [-0.2, 0) is 10.8 Å². The molecule has 4 nitrogen and oxygen atoms in total. The van der Waals surface area contributed by atoms with E-state index in [1.807, 2.05) is 49.4 Å². The first-order valence-electron chi connectivity index (χ1n) is 10.3. The van der Waals surface area contributed by atoms with Crippen LogP contribution in [0.2, 0.25) is 5.02 Å². The van der Waals surface area contributed by atoms with E-state index in [4.69, 9.17) is 16.3 Å². The molecule has 0 aliphatic heterocycles. The van der Waals surface area contributed by atoms with Gasteiger partial charge in [0.2, 0.25) is 0 Å². The smallest absolute Gasteiger partial charge is 0.138 e. The maximum absolute atomic E-state index is 9.54. The van der Waals surface area contributed by atoms with Crippen LogP contribution in [0.3, 0.4) is 0 Å². The van der Waals surface area contributed by atoms with Crippen molar-refractivity contribution in [2.24, 2.45) is 0 Å². The maximum Gasteiger partial charge on any atom is 0.138 e. The van der Waals surface area contributed by atoms with Gasteiger partial charge in [-0.1, -0.05) is 64.4 Å². The van der Waals surface area contributed by atoms with Gasteiger partial charge in [-0.2, -0.15) is 5.26 Å². The number of benzene rings is 2. The molecule has 0 spiro atoms. The van der Waals surface area contributed by atoms with Crippen LogP contribution in [0.15, 0.2) is 54.7 Å². The van der Waals surface area contributed by atoms with E-state index in [1.165, 1.54) is 0 Å². The Morgan fingerprint density at radius 2 is 1.68 bits per heavy atom. The molecule has 0 N–H and O–H groups in total. The van der Waals surface area contributed by atoms with Crippen molar-refractivity contribution in [3.63, 3.8) is 0 Å². The number of halogens is 1. The van der Waals surface area contributed by atoms with E-state index in [0.29, 0.717) is 10.6 Å². The molecule has 0 fully saturated rings. The average Bonchev–Trinajstić information content (AvgIpc) is 2.73. The second-order valence-electron chi connectivity index (χ2n) is 9.27. The summed E-state index contributed by atoms with van der Waals surface area (Å²) in [6.45, 7) is 12.5. The highest BCUT2D eigenvalue weighted by molar-refractivity contribution is 6.30. The minimum atomic E-state index is -0.353. The standard InChI is InChI=1S/C26H28ClN3O/c1-17(23-13-14-29-24(30-23)25(2,3)4)31-21-10-7-19(8-11-21)26(5,6)22-12-9-20(27)15-18(22)16-28/h7-15,17H,1-6H3. The predicted octanol–water partition coefficient (Wildman–Crippen LogP) is 6.77. The summed E-state index contributed by atoms with van der Waals surface area (Å²) in [6.07, 6.45) is 1.58. The van der Waals surface area contributed by atoms with Crippen molar-refractivity contribution >= 4 is 11.6 Å². The molecule has 0 aliphatic carbocycles. The maximum atomic E-state index is 9.54. The molecule has 2 aromatic carbocycles. The first kappa shape index (κ1) is 22.8. The number of ether oxygens (including phenoxy) is 1. The summed E-state index contributed by atoms with van der Waals surface area (Å²) in [5.41, 5.74) is 3.00. The topological polar surface area (TPSA) is 58.8 Å². The highest BCUT2D eigenvalue weighted by Crippen LogP contribution is 2.35. The van der Waals surface area contributed by atoms with Crippen LogP contribution < -0.4 is 4.74 Å². The SMILES string of the molecule is CC(Oc1ccc(C(C)(C)c2ccc(Cl)cc2C#N)cc1)c1ccnc(C(C)(C)C)n1. The Hall–Kier alpha value is -2.90. The Labute approximate surface area is 189 Å². The fraction of sp³-hybridized carbons (Fsp3) is 0.346. The van der Waals surface area contributed by atoms with E-state index in [-0.39, 0.29) is 16.9 Å². The lowest BCUT2D eigenvalue weighted by Crippen LogP contribution is -2.20. The van der Waals surface area contributed by atoms with E-state index in [2.05, 4.69) is 50.7 Å². The van der Waals surface area contributed by atoms with Gasteiger partial charge in [0.25, 0.3) is 0 Å². The van der Waals surface area contributed by atoms with Crippen LogP contribution in [-0.4, -0.2) is 9.97 Å². The van der Waals surface area contributed by atoms with Crippen molar-refractivity contribution < 1.29 is 4.74 Å². The number of rotatable bonds is 5. The van der Waals surface area contributed by atoms with Gasteiger partial charge in [0.05, 0.1) is 17.3 Å². The van der Waals surface area contributed by atoms with Gasteiger partial charge in [0.15, 0.2) is 0 Å². The summed E-state index contributed by atoms with van der Waals surface area (Å²) in [6, 6.07) is 17.6. The van der Waals surface area contributed by atoms with Crippen LogP contribution in [0.25, 0.3) is 0 Å². The van der Waals surface area contributed by atoms with Gasteiger partial charge in [-0.25, -0.2) is 9.97 Å². The summed E-state index contributed by atoms with van der Waals surface area (Å²) in [5.74, 6) is 1.56. The largest absolute Gasteiger partial charge is 0.484 e. The lowest BCUT2D eigenvalue weighted by Gasteiger charge is -2.27. The Balaban J connectivity index is 1.81. The third-order valence-corrected chi connectivity index (χ3v) is 5.66. The summed E-state index contributed by atoms with van der Waals surface area (Å²) in [5, 5.41) is 10.1. The molecule has 0 bridgehead atoms. The zero-order valence-corrected chi connectivity index (χ0v) is 19.7. The molecule has 0 saturated carbocycles. The van der Waals surface area contributed by atoms with Crippen molar-refractivity contribution in [2.75, 3.05) is 0 Å². The summed E-state index contributed by atoms with van der Waals surface area (Å²) in [7, 11) is 0. The number of aromatic nitrogens is 2. The Morgan fingerprint density at radius 3 is 2.29 bits per heavy atom. The molecule has 0 saturated heterocycles. The Kier molecular flexibility index (Phi) is 6.38. The molecule has 160 valence electrons. The van der Waals surface area contributed by atoms with Gasteiger partial charge in [-0.15, -0.1) is 0 Å². The first-order chi connectivity index (χ1) is 14.5. The fourth-order valence-corrected chi connectivity index (χ4v) is 3.66. The van der Waals surface area contributed by atoms with Crippen molar-refractivity contribution in [1.82, 2.24) is 9.97 Å². The molecule has 1 heterocycles. The third-order valence-electron chi connectivity index (χ3n) is 5.43. The molecule has 3 rings (SSSR count). The number of nitriles is 1. The lowest BCUT2D eigenvalue weighted by atomic mass is 9.76. The minimum absolute atomic E-state index is 0.118. The second kappa shape index (κ2) is 8.69. The van der Waals surface area contributed by atoms with Gasteiger partial charge >= 0.3 is 0 Å². The third kappa shape index (κ3) is 5.06. The van der Waals surface area contributed by atoms with Gasteiger partial charge in [0, 0.05) is 22.0 Å². The van der Waals surface area contributed by atoms with Gasteiger partial charge in [0.1, 0.15) is 17.7 Å². The van der Waals surface area contributed by atoms with Crippen molar-refractivity contribution in [3.8, 4) is 11.8 Å². The lowest BCUT2D eigenvalue weighted by molar-refractivity contribution is 0.220. The number of hydrogen-bond donors (Lipinski definition) is 0. The van der Waals surface area contributed by atoms with Gasteiger partial charge in [-0.05, 0) is 48.4 Å². The normalized spacial score (nSPS) is 12.8. The summed E-state index contributed by atoms with van der Waals surface area (Å²) < 4.78 is 6.14. The molecule has 1 aromatic heterocycles. The van der Waals surface area contributed by atoms with Crippen LogP contribution in [0.1, 0.15) is 75.9 Å². The van der Waals surface area contributed by atoms with E-state index in [1.54, 1.807) is 12.3 Å². The monoisotopic (exact) mass is 433 g/mol. The van der Waals surface area contributed by atoms with E-state index < -0.39 is 0 Å². The molecule has 0 amide bonds. The molecule has 3 aromatic rings. The molecular weight excluding hydrogens is 406 g/mol. The summed E-state index contributed by atoms with van der Waals surface area (Å²) >= 11 is 6.07. The predicted molar refractivity (Wildman–Crippen MR) is 125 cm³/mol. The molecular formula is C26H28ClN3O. The number of nitrogens with zero attached hydrogens (tertiary/aromatic N) is 3. The zero-order chi connectivity index (χ0) is 22.8. The summed E-state index contributed by atoms with van der Waals surface area (Å²) in [4.78, 5) is 9.07. The Bertz CT molecular complexity index is 1110. The quantitative estimate of drug-likeness (QED) is 0.445. The zero-order valence-electron chi connectivity index (χ0n) is 18.9. The Morgan fingerprint density at radius 1 is 1.00 bits per heavy atom. The van der Waals surface area contributed by atoms with Gasteiger partial charge in [-0.3, -0.25) is 0 Å². The number of hydrogen-bond acceptors (Lipinski definition) is 4. The molecule has 1 unspecified atom stereocenters. The van der Waals surface area contributed by atoms with E-state index in [9.17, 15) is 5.26 Å². The molecule has 31 heavy (non-hydrogen) atoms. The highest BCUT2D eigenvalue weighted by atomic mass is 35.5. The van der Waals surface area contributed by atoms with Crippen molar-refractivity contribution in [3.05, 3.63) is 88.0 Å². The average molecular weight is 434 g/mol. The minimum Gasteiger partial charge on any atom is -0.484 e. The second-order valence-corrected chi connectivity index (χ2v) is 9.70. The van der Waals surface area contributed by atoms with Crippen LogP contribution in [0.5, 0.6) is 5.75 Å². The van der Waals surface area contributed by atoms with Crippen LogP contribution >= 0.6 is 11.6 Å². The highest BCUT2D eigenvalue weighted by Gasteiger charge is 2.26. The molecule has 0 radical (unpaired) electrons. The van der Waals surface area contributed by atoms with Crippen LogP contribution in [0.4, 0.5) is 0 Å². The van der Waals surface area contributed by atoms with E-state index in [0.717, 1.165) is 28.4 Å². The van der Waals surface area contributed by atoms with Crippen molar-refractivity contribution in [1.29, 1.82) is 5.26 Å². The van der Waals surface area contributed by atoms with Crippen LogP contribution in [0, 0.1) is 11.3 Å². The van der Waals surface area contributed by atoms with Crippen molar-refractivity contribution in [2.45, 2.75) is 58.5 Å². The van der Waals surface area contributed by atoms with Gasteiger partial charge < -0.3 is 4.74 Å². The van der Waals surface area contributed by atoms with E-state index >= 15 is 0 Å². The molecule has 1 atom stereocenters. The fourth-order valence-electron chi connectivity index (χ4n) is 3.48.